The standard InChI is InChI=1S/C21H23ClN4O3S/c1-26(11-18(27)23-14-9-12(22)7-8-15(14)29-2)10-17-24-20(28)19-13-5-3-4-6-16(13)30-21(19)25-17/h7-9H,3-6,10-11H2,1-2H3,(H,23,27)(H,24,25,28)/p+1. The van der Waals surface area contributed by atoms with Crippen LogP contribution in [0.2, 0.25) is 5.02 Å². The molecule has 0 saturated carbocycles. The van der Waals surface area contributed by atoms with Crippen LogP contribution in [-0.2, 0) is 24.2 Å². The molecule has 30 heavy (non-hydrogen) atoms. The van der Waals surface area contributed by atoms with E-state index in [1.807, 2.05) is 7.05 Å². The Morgan fingerprint density at radius 3 is 2.97 bits per heavy atom. The number of thiophene rings is 1. The molecule has 0 saturated heterocycles. The maximum atomic E-state index is 12.7. The molecular weight excluding hydrogens is 424 g/mol. The number of hydrogen-bond acceptors (Lipinski definition) is 5. The highest BCUT2D eigenvalue weighted by Gasteiger charge is 2.21. The van der Waals surface area contributed by atoms with E-state index in [4.69, 9.17) is 16.3 Å². The van der Waals surface area contributed by atoms with Crippen molar-refractivity contribution in [1.82, 2.24) is 9.97 Å². The summed E-state index contributed by atoms with van der Waals surface area (Å²) in [5.74, 6) is 0.961. The number of aromatic nitrogens is 2. The summed E-state index contributed by atoms with van der Waals surface area (Å²) in [6.07, 6.45) is 4.28. The number of aryl methyl sites for hydroxylation is 2. The van der Waals surface area contributed by atoms with Crippen molar-refractivity contribution in [2.75, 3.05) is 26.0 Å². The van der Waals surface area contributed by atoms with Gasteiger partial charge in [-0.05, 0) is 49.4 Å². The molecule has 7 nitrogen and oxygen atoms in total. The molecule has 0 bridgehead atoms. The van der Waals surface area contributed by atoms with Crippen molar-refractivity contribution in [1.29, 1.82) is 0 Å². The predicted molar refractivity (Wildman–Crippen MR) is 119 cm³/mol. The number of nitrogens with one attached hydrogen (secondary N) is 3. The first-order valence-corrected chi connectivity index (χ1v) is 11.1. The van der Waals surface area contributed by atoms with Crippen molar-refractivity contribution < 1.29 is 14.4 Å². The molecule has 0 aliphatic heterocycles. The minimum absolute atomic E-state index is 0.0738. The van der Waals surface area contributed by atoms with Gasteiger partial charge in [0.05, 0.1) is 25.2 Å². The molecule has 0 spiro atoms. The molecule has 1 unspecified atom stereocenters. The minimum Gasteiger partial charge on any atom is -0.495 e. The second kappa shape index (κ2) is 8.75. The summed E-state index contributed by atoms with van der Waals surface area (Å²) in [7, 11) is 3.43. The van der Waals surface area contributed by atoms with Gasteiger partial charge in [-0.1, -0.05) is 11.6 Å². The number of likely N-dealkylation sites (N-methyl/N-ethyl adjacent to an activating group) is 1. The monoisotopic (exact) mass is 447 g/mol. The molecule has 4 rings (SSSR count). The first kappa shape index (κ1) is 20.8. The molecule has 2 heterocycles. The SMILES string of the molecule is COc1ccc(Cl)cc1NC(=O)C[NH+](C)Cc1nc2sc3c(c2c(=O)[nH]1)CCCC3. The lowest BCUT2D eigenvalue weighted by atomic mass is 9.97. The highest BCUT2D eigenvalue weighted by molar-refractivity contribution is 7.18. The van der Waals surface area contributed by atoms with Gasteiger partial charge >= 0.3 is 0 Å². The van der Waals surface area contributed by atoms with E-state index in [0.29, 0.717) is 28.8 Å². The Hall–Kier alpha value is -2.42. The van der Waals surface area contributed by atoms with Crippen LogP contribution in [0.1, 0.15) is 29.1 Å². The van der Waals surface area contributed by atoms with E-state index < -0.39 is 0 Å². The van der Waals surface area contributed by atoms with Gasteiger partial charge in [0.2, 0.25) is 0 Å². The third-order valence-electron chi connectivity index (χ3n) is 5.24. The third-order valence-corrected chi connectivity index (χ3v) is 6.66. The van der Waals surface area contributed by atoms with Crippen molar-refractivity contribution in [3.63, 3.8) is 0 Å². The van der Waals surface area contributed by atoms with Crippen LogP contribution >= 0.6 is 22.9 Å². The number of methoxy groups -OCH3 is 1. The number of carbonyl (C=O) groups is 1. The van der Waals surface area contributed by atoms with E-state index >= 15 is 0 Å². The summed E-state index contributed by atoms with van der Waals surface area (Å²) < 4.78 is 5.26. The summed E-state index contributed by atoms with van der Waals surface area (Å²) in [6, 6.07) is 5.06. The average Bonchev–Trinajstić information content (AvgIpc) is 3.06. The molecule has 1 atom stereocenters. The summed E-state index contributed by atoms with van der Waals surface area (Å²) in [5, 5.41) is 4.10. The number of rotatable bonds is 6. The maximum absolute atomic E-state index is 12.7. The van der Waals surface area contributed by atoms with Crippen LogP contribution in [0.25, 0.3) is 10.2 Å². The van der Waals surface area contributed by atoms with Crippen LogP contribution < -0.4 is 20.5 Å². The second-order valence-electron chi connectivity index (χ2n) is 7.61. The molecule has 1 amide bonds. The number of fused-ring (bicyclic) bond motifs is 3. The first-order valence-electron chi connectivity index (χ1n) is 9.92. The smallest absolute Gasteiger partial charge is 0.279 e. The van der Waals surface area contributed by atoms with Gasteiger partial charge in [-0.2, -0.15) is 0 Å². The predicted octanol–water partition coefficient (Wildman–Crippen LogP) is 2.18. The maximum Gasteiger partial charge on any atom is 0.279 e. The zero-order valence-corrected chi connectivity index (χ0v) is 18.5. The number of hydrogen-bond donors (Lipinski definition) is 3. The molecule has 1 aromatic carbocycles. The summed E-state index contributed by atoms with van der Waals surface area (Å²) in [6.45, 7) is 0.645. The topological polar surface area (TPSA) is 88.5 Å². The highest BCUT2D eigenvalue weighted by atomic mass is 35.5. The average molecular weight is 448 g/mol. The van der Waals surface area contributed by atoms with Crippen LogP contribution in [0.5, 0.6) is 5.75 Å². The molecule has 1 aliphatic rings. The second-order valence-corrected chi connectivity index (χ2v) is 9.13. The van der Waals surface area contributed by atoms with Gasteiger partial charge in [-0.25, -0.2) is 4.98 Å². The zero-order valence-electron chi connectivity index (χ0n) is 16.9. The summed E-state index contributed by atoms with van der Waals surface area (Å²) in [5.41, 5.74) is 1.63. The number of nitrogens with zero attached hydrogens (tertiary/aromatic N) is 1. The highest BCUT2D eigenvalue weighted by Crippen LogP contribution is 2.33. The Kier molecular flexibility index (Phi) is 6.08. The minimum atomic E-state index is -0.178. The van der Waals surface area contributed by atoms with E-state index in [0.717, 1.165) is 34.4 Å². The largest absolute Gasteiger partial charge is 0.495 e. The lowest BCUT2D eigenvalue weighted by Gasteiger charge is -2.15. The molecule has 9 heteroatoms. The molecule has 0 radical (unpaired) electrons. The Bertz CT molecular complexity index is 1160. The number of ether oxygens (including phenoxy) is 1. The van der Waals surface area contributed by atoms with Crippen molar-refractivity contribution in [2.24, 2.45) is 0 Å². The van der Waals surface area contributed by atoms with E-state index in [1.54, 1.807) is 29.5 Å². The molecular formula is C21H24ClN4O3S+. The Labute approximate surface area is 183 Å². The fourth-order valence-electron chi connectivity index (χ4n) is 3.89. The van der Waals surface area contributed by atoms with Gasteiger partial charge in [0, 0.05) is 9.90 Å². The van der Waals surface area contributed by atoms with Crippen LogP contribution in [0.15, 0.2) is 23.0 Å². The Morgan fingerprint density at radius 1 is 1.37 bits per heavy atom. The Balaban J connectivity index is 1.45. The van der Waals surface area contributed by atoms with Gasteiger partial charge < -0.3 is 19.9 Å². The van der Waals surface area contributed by atoms with Gasteiger partial charge in [-0.3, -0.25) is 9.59 Å². The van der Waals surface area contributed by atoms with Crippen molar-refractivity contribution in [2.45, 2.75) is 32.2 Å². The summed E-state index contributed by atoms with van der Waals surface area (Å²) >= 11 is 7.65. The fourth-order valence-corrected chi connectivity index (χ4v) is 5.34. The zero-order chi connectivity index (χ0) is 21.3. The number of halogens is 1. The van der Waals surface area contributed by atoms with Crippen LogP contribution in [0.3, 0.4) is 0 Å². The number of amides is 1. The van der Waals surface area contributed by atoms with Crippen LogP contribution in [0, 0.1) is 0 Å². The van der Waals surface area contributed by atoms with Crippen LogP contribution in [0.4, 0.5) is 5.69 Å². The van der Waals surface area contributed by atoms with Crippen molar-refractivity contribution >= 4 is 44.7 Å². The van der Waals surface area contributed by atoms with E-state index in [-0.39, 0.29) is 18.0 Å². The molecule has 3 N–H and O–H groups in total. The molecule has 0 fully saturated rings. The lowest BCUT2D eigenvalue weighted by Crippen LogP contribution is -3.08. The van der Waals surface area contributed by atoms with Crippen LogP contribution in [-0.4, -0.2) is 36.6 Å². The van der Waals surface area contributed by atoms with Gasteiger partial charge in [0.1, 0.15) is 17.1 Å². The molecule has 1 aliphatic carbocycles. The fraction of sp³-hybridized carbons (Fsp3) is 0.381. The number of carbonyl (C=O) groups excluding carboxylic acids is 1. The quantitative estimate of drug-likeness (QED) is 0.540. The van der Waals surface area contributed by atoms with E-state index in [1.165, 1.54) is 24.0 Å². The molecule has 158 valence electrons. The van der Waals surface area contributed by atoms with Crippen molar-refractivity contribution in [3.8, 4) is 5.75 Å². The summed E-state index contributed by atoms with van der Waals surface area (Å²) in [4.78, 5) is 35.8. The van der Waals surface area contributed by atoms with Crippen molar-refractivity contribution in [3.05, 3.63) is 49.8 Å². The normalized spacial score (nSPS) is 14.4. The third kappa shape index (κ3) is 4.35. The van der Waals surface area contributed by atoms with Gasteiger partial charge in [-0.15, -0.1) is 11.3 Å². The molecule has 2 aromatic heterocycles. The number of quaternary nitrogens is 1. The number of benzene rings is 1. The van der Waals surface area contributed by atoms with E-state index in [2.05, 4.69) is 15.3 Å². The number of H-pyrrole nitrogens is 1. The molecule has 3 aromatic rings. The Morgan fingerprint density at radius 2 is 2.17 bits per heavy atom. The number of anilines is 1. The van der Waals surface area contributed by atoms with E-state index in [9.17, 15) is 9.59 Å². The first-order chi connectivity index (χ1) is 14.4. The lowest BCUT2D eigenvalue weighted by molar-refractivity contribution is -0.885. The van der Waals surface area contributed by atoms with Gasteiger partial charge in [0.15, 0.2) is 12.4 Å². The van der Waals surface area contributed by atoms with Gasteiger partial charge in [0.25, 0.3) is 11.5 Å². The number of aromatic amines is 1.